The van der Waals surface area contributed by atoms with Crippen LogP contribution in [-0.2, 0) is 0 Å². The molecule has 2 nitrogen and oxygen atoms in total. The molecule has 0 amide bonds. The summed E-state index contributed by atoms with van der Waals surface area (Å²) in [5, 5.41) is 10.9. The van der Waals surface area contributed by atoms with Crippen molar-refractivity contribution in [2.24, 2.45) is 0 Å². The van der Waals surface area contributed by atoms with Crippen molar-refractivity contribution in [2.75, 3.05) is 0 Å². The Labute approximate surface area is 136 Å². The molecule has 106 valence electrons. The maximum atomic E-state index is 9.49. The Kier molecular flexibility index (Phi) is 5.05. The topological polar surface area (TPSA) is 29.5 Å². The van der Waals surface area contributed by atoms with Gasteiger partial charge in [0.05, 0.1) is 26.2 Å². The number of benzene rings is 2. The van der Waals surface area contributed by atoms with Gasteiger partial charge in [0.1, 0.15) is 11.5 Å². The van der Waals surface area contributed by atoms with Crippen LogP contribution in [0.3, 0.4) is 0 Å². The van der Waals surface area contributed by atoms with Gasteiger partial charge in [-0.05, 0) is 30.7 Å². The number of aliphatic hydroxyl groups is 1. The Morgan fingerprint density at radius 3 is 2.05 bits per heavy atom. The molecule has 2 aromatic carbocycles. The second-order valence-corrected chi connectivity index (χ2v) is 5.79. The van der Waals surface area contributed by atoms with E-state index < -0.39 is 6.10 Å². The van der Waals surface area contributed by atoms with Gasteiger partial charge in [0.2, 0.25) is 0 Å². The zero-order valence-electron chi connectivity index (χ0n) is 10.3. The molecule has 0 aliphatic heterocycles. The lowest BCUT2D eigenvalue weighted by molar-refractivity contribution is 0.199. The third kappa shape index (κ3) is 3.51. The van der Waals surface area contributed by atoms with Crippen LogP contribution in [0.2, 0.25) is 20.1 Å². The molecule has 1 atom stereocenters. The minimum absolute atomic E-state index is 0.329. The van der Waals surface area contributed by atoms with Crippen molar-refractivity contribution in [3.63, 3.8) is 0 Å². The van der Waals surface area contributed by atoms with Gasteiger partial charge in [0.25, 0.3) is 0 Å². The molecular formula is C14H10Cl4O2. The summed E-state index contributed by atoms with van der Waals surface area (Å²) in [5.74, 6) is 0.768. The standard InChI is InChI=1S/C14H10Cl4O2/c1-7(19)8-2-3-13(11(17)4-8)20-14-6-10(16)9(15)5-12(14)18/h2-7,19H,1H3/t7-/m1/s1. The quantitative estimate of drug-likeness (QED) is 0.672. The van der Waals surface area contributed by atoms with Gasteiger partial charge in [-0.3, -0.25) is 0 Å². The van der Waals surface area contributed by atoms with Crippen molar-refractivity contribution in [1.29, 1.82) is 0 Å². The van der Waals surface area contributed by atoms with Crippen LogP contribution in [0.15, 0.2) is 30.3 Å². The Bertz CT molecular complexity index is 641. The minimum Gasteiger partial charge on any atom is -0.454 e. The van der Waals surface area contributed by atoms with E-state index in [-0.39, 0.29) is 0 Å². The molecule has 0 aromatic heterocycles. The first-order valence-electron chi connectivity index (χ1n) is 5.68. The highest BCUT2D eigenvalue weighted by Crippen LogP contribution is 2.38. The normalized spacial score (nSPS) is 12.3. The van der Waals surface area contributed by atoms with Crippen LogP contribution in [0.1, 0.15) is 18.6 Å². The number of halogens is 4. The molecule has 0 radical (unpaired) electrons. The SMILES string of the molecule is C[C@@H](O)c1ccc(Oc2cc(Cl)c(Cl)cc2Cl)c(Cl)c1. The summed E-state index contributed by atoms with van der Waals surface area (Å²) >= 11 is 23.9. The summed E-state index contributed by atoms with van der Waals surface area (Å²) in [5.41, 5.74) is 0.697. The summed E-state index contributed by atoms with van der Waals surface area (Å²) in [4.78, 5) is 0. The van der Waals surface area contributed by atoms with Gasteiger partial charge < -0.3 is 9.84 Å². The fourth-order valence-electron chi connectivity index (χ4n) is 1.56. The lowest BCUT2D eigenvalue weighted by atomic mass is 10.1. The van der Waals surface area contributed by atoms with E-state index in [1.54, 1.807) is 25.1 Å². The molecule has 0 bridgehead atoms. The van der Waals surface area contributed by atoms with Gasteiger partial charge in [-0.2, -0.15) is 0 Å². The van der Waals surface area contributed by atoms with E-state index in [1.165, 1.54) is 12.1 Å². The van der Waals surface area contributed by atoms with Crippen LogP contribution in [0, 0.1) is 0 Å². The number of hydrogen-bond acceptors (Lipinski definition) is 2. The average Bonchev–Trinajstić information content (AvgIpc) is 2.37. The lowest BCUT2D eigenvalue weighted by Crippen LogP contribution is -1.92. The van der Waals surface area contributed by atoms with Crippen molar-refractivity contribution in [3.05, 3.63) is 56.0 Å². The van der Waals surface area contributed by atoms with Crippen molar-refractivity contribution >= 4 is 46.4 Å². The Balaban J connectivity index is 2.33. The van der Waals surface area contributed by atoms with Gasteiger partial charge in [0, 0.05) is 6.07 Å². The van der Waals surface area contributed by atoms with Crippen LogP contribution >= 0.6 is 46.4 Å². The molecule has 1 N–H and O–H groups in total. The zero-order valence-corrected chi connectivity index (χ0v) is 13.4. The Morgan fingerprint density at radius 1 is 0.850 bits per heavy atom. The zero-order chi connectivity index (χ0) is 14.9. The van der Waals surface area contributed by atoms with E-state index in [1.807, 2.05) is 0 Å². The predicted molar refractivity (Wildman–Crippen MR) is 83.6 cm³/mol. The molecule has 0 heterocycles. The molecule has 0 fully saturated rings. The number of hydrogen-bond donors (Lipinski definition) is 1. The fraction of sp³-hybridized carbons (Fsp3) is 0.143. The molecule has 0 saturated carbocycles. The fourth-order valence-corrected chi connectivity index (χ4v) is 2.36. The minimum atomic E-state index is -0.602. The average molecular weight is 352 g/mol. The predicted octanol–water partition coefficient (Wildman–Crippen LogP) is 6.15. The number of aliphatic hydroxyl groups excluding tert-OH is 1. The molecule has 2 aromatic rings. The number of ether oxygens (including phenoxy) is 1. The molecule has 6 heteroatoms. The summed E-state index contributed by atoms with van der Waals surface area (Å²) in [7, 11) is 0. The maximum Gasteiger partial charge on any atom is 0.147 e. The first-order valence-corrected chi connectivity index (χ1v) is 7.19. The van der Waals surface area contributed by atoms with E-state index in [4.69, 9.17) is 51.1 Å². The summed E-state index contributed by atoms with van der Waals surface area (Å²) in [6.07, 6.45) is -0.602. The van der Waals surface area contributed by atoms with Gasteiger partial charge >= 0.3 is 0 Å². The molecule has 2 rings (SSSR count). The monoisotopic (exact) mass is 350 g/mol. The van der Waals surface area contributed by atoms with Crippen LogP contribution in [0.5, 0.6) is 11.5 Å². The molecule has 0 unspecified atom stereocenters. The molecular weight excluding hydrogens is 342 g/mol. The third-order valence-electron chi connectivity index (χ3n) is 2.63. The van der Waals surface area contributed by atoms with Crippen LogP contribution in [0.25, 0.3) is 0 Å². The van der Waals surface area contributed by atoms with E-state index in [0.717, 1.165) is 0 Å². The summed E-state index contributed by atoms with van der Waals surface area (Å²) < 4.78 is 5.62. The van der Waals surface area contributed by atoms with E-state index in [9.17, 15) is 5.11 Å². The highest BCUT2D eigenvalue weighted by atomic mass is 35.5. The smallest absolute Gasteiger partial charge is 0.147 e. The second kappa shape index (κ2) is 6.42. The highest BCUT2D eigenvalue weighted by molar-refractivity contribution is 6.43. The van der Waals surface area contributed by atoms with Crippen LogP contribution in [0.4, 0.5) is 0 Å². The van der Waals surface area contributed by atoms with E-state index >= 15 is 0 Å². The van der Waals surface area contributed by atoms with Crippen molar-refractivity contribution < 1.29 is 9.84 Å². The highest BCUT2D eigenvalue weighted by Gasteiger charge is 2.11. The largest absolute Gasteiger partial charge is 0.454 e. The lowest BCUT2D eigenvalue weighted by Gasteiger charge is -2.12. The van der Waals surface area contributed by atoms with Crippen molar-refractivity contribution in [1.82, 2.24) is 0 Å². The third-order valence-corrected chi connectivity index (χ3v) is 3.95. The second-order valence-electron chi connectivity index (χ2n) is 4.16. The van der Waals surface area contributed by atoms with Gasteiger partial charge in [0.15, 0.2) is 0 Å². The van der Waals surface area contributed by atoms with Crippen LogP contribution < -0.4 is 4.74 Å². The van der Waals surface area contributed by atoms with Gasteiger partial charge in [-0.1, -0.05) is 52.5 Å². The first-order chi connectivity index (χ1) is 9.38. The van der Waals surface area contributed by atoms with E-state index in [2.05, 4.69) is 0 Å². The van der Waals surface area contributed by atoms with E-state index in [0.29, 0.717) is 37.2 Å². The molecule has 0 aliphatic carbocycles. The molecule has 0 spiro atoms. The summed E-state index contributed by atoms with van der Waals surface area (Å²) in [6.45, 7) is 1.65. The summed E-state index contributed by atoms with van der Waals surface area (Å²) in [6, 6.07) is 8.03. The molecule has 20 heavy (non-hydrogen) atoms. The Hall–Kier alpha value is -0.640. The first kappa shape index (κ1) is 15.7. The maximum absolute atomic E-state index is 9.49. The molecule has 0 saturated heterocycles. The molecule has 0 aliphatic rings. The van der Waals surface area contributed by atoms with Gasteiger partial charge in [-0.25, -0.2) is 0 Å². The van der Waals surface area contributed by atoms with Crippen molar-refractivity contribution in [3.8, 4) is 11.5 Å². The Morgan fingerprint density at radius 2 is 1.45 bits per heavy atom. The van der Waals surface area contributed by atoms with Crippen LogP contribution in [-0.4, -0.2) is 5.11 Å². The van der Waals surface area contributed by atoms with Gasteiger partial charge in [-0.15, -0.1) is 0 Å². The van der Waals surface area contributed by atoms with Crippen molar-refractivity contribution in [2.45, 2.75) is 13.0 Å². The number of rotatable bonds is 3.